The second kappa shape index (κ2) is 6.76. The molecule has 1 fully saturated rings. The summed E-state index contributed by atoms with van der Waals surface area (Å²) in [6.45, 7) is 2.61. The van der Waals surface area contributed by atoms with E-state index in [2.05, 4.69) is 5.32 Å². The molecule has 2 rings (SSSR count). The highest BCUT2D eigenvalue weighted by Crippen LogP contribution is 2.30. The van der Waals surface area contributed by atoms with Gasteiger partial charge in [-0.05, 0) is 25.5 Å². The first kappa shape index (κ1) is 16.9. The average Bonchev–Trinajstić information content (AvgIpc) is 2.96. The molecule has 7 heteroatoms. The first-order valence-corrected chi connectivity index (χ1v) is 7.36. The van der Waals surface area contributed by atoms with Gasteiger partial charge >= 0.3 is 12.0 Å². The summed E-state index contributed by atoms with van der Waals surface area (Å²) in [5.41, 5.74) is -0.0448. The van der Waals surface area contributed by atoms with Crippen LogP contribution >= 0.6 is 0 Å². The third kappa shape index (κ3) is 3.67. The molecule has 0 saturated carbocycles. The molecule has 0 bridgehead atoms. The van der Waals surface area contributed by atoms with Crippen molar-refractivity contribution in [2.75, 3.05) is 27.3 Å². The molecule has 2 amide bonds. The van der Waals surface area contributed by atoms with Crippen LogP contribution in [0.1, 0.15) is 18.9 Å². The number of methoxy groups -OCH3 is 2. The van der Waals surface area contributed by atoms with E-state index >= 15 is 0 Å². The maximum Gasteiger partial charge on any atom is 0.317 e. The Balaban J connectivity index is 1.96. The summed E-state index contributed by atoms with van der Waals surface area (Å²) in [4.78, 5) is 25.0. The molecular formula is C16H22N2O5. The van der Waals surface area contributed by atoms with E-state index < -0.39 is 11.4 Å². The summed E-state index contributed by atoms with van der Waals surface area (Å²) in [6.07, 6.45) is 0.460. The molecule has 1 saturated heterocycles. The summed E-state index contributed by atoms with van der Waals surface area (Å²) in [5, 5.41) is 12.0. The van der Waals surface area contributed by atoms with Gasteiger partial charge in [0.2, 0.25) is 0 Å². The van der Waals surface area contributed by atoms with Crippen LogP contribution in [-0.2, 0) is 11.3 Å². The van der Waals surface area contributed by atoms with E-state index in [1.807, 2.05) is 6.07 Å². The van der Waals surface area contributed by atoms with E-state index in [1.165, 1.54) is 4.90 Å². The third-order valence-electron chi connectivity index (χ3n) is 4.20. The predicted octanol–water partition coefficient (Wildman–Crippen LogP) is 1.71. The maximum absolute atomic E-state index is 12.2. The number of aliphatic carboxylic acids is 1. The molecule has 2 N–H and O–H groups in total. The van der Waals surface area contributed by atoms with Crippen LogP contribution in [0.4, 0.5) is 4.79 Å². The van der Waals surface area contributed by atoms with Gasteiger partial charge in [-0.25, -0.2) is 4.79 Å². The molecule has 23 heavy (non-hydrogen) atoms. The standard InChI is InChI=1S/C16H22N2O5/c1-16(14(19)20)6-7-18(10-16)15(21)17-9-11-4-5-12(22-2)8-13(11)23-3/h4-5,8H,6-7,9-10H2,1-3H3,(H,17,21)(H,19,20). The number of amides is 2. The Hall–Kier alpha value is -2.44. The topological polar surface area (TPSA) is 88.1 Å². The van der Waals surface area contributed by atoms with Gasteiger partial charge in [0.25, 0.3) is 0 Å². The number of nitrogens with one attached hydrogen (secondary N) is 1. The van der Waals surface area contributed by atoms with Gasteiger partial charge in [0.05, 0.1) is 19.6 Å². The van der Waals surface area contributed by atoms with Crippen LogP contribution in [-0.4, -0.2) is 49.3 Å². The summed E-state index contributed by atoms with van der Waals surface area (Å²) in [6, 6.07) is 5.09. The Labute approximate surface area is 135 Å². The minimum atomic E-state index is -0.871. The number of carboxylic acids is 1. The van der Waals surface area contributed by atoms with E-state index in [9.17, 15) is 14.7 Å². The fraction of sp³-hybridized carbons (Fsp3) is 0.500. The molecule has 0 aliphatic carbocycles. The molecule has 1 aliphatic rings. The van der Waals surface area contributed by atoms with Gasteiger partial charge in [-0.3, -0.25) is 4.79 Å². The Morgan fingerprint density at radius 3 is 2.65 bits per heavy atom. The van der Waals surface area contributed by atoms with Gasteiger partial charge in [0, 0.05) is 31.3 Å². The monoisotopic (exact) mass is 322 g/mol. The number of rotatable bonds is 5. The fourth-order valence-electron chi connectivity index (χ4n) is 2.59. The zero-order valence-electron chi connectivity index (χ0n) is 13.6. The van der Waals surface area contributed by atoms with Crippen molar-refractivity contribution in [2.24, 2.45) is 5.41 Å². The molecule has 1 aromatic rings. The lowest BCUT2D eigenvalue weighted by molar-refractivity contribution is -0.147. The molecule has 1 atom stereocenters. The second-order valence-electron chi connectivity index (χ2n) is 5.87. The van der Waals surface area contributed by atoms with Crippen molar-refractivity contribution >= 4 is 12.0 Å². The number of urea groups is 1. The van der Waals surface area contributed by atoms with Crippen LogP contribution in [0.15, 0.2) is 18.2 Å². The molecule has 126 valence electrons. The number of carbonyl (C=O) groups excluding carboxylic acids is 1. The Bertz CT molecular complexity index is 604. The molecule has 1 aromatic carbocycles. The highest BCUT2D eigenvalue weighted by molar-refractivity contribution is 5.79. The zero-order chi connectivity index (χ0) is 17.0. The van der Waals surface area contributed by atoms with Crippen LogP contribution in [0.5, 0.6) is 11.5 Å². The third-order valence-corrected chi connectivity index (χ3v) is 4.20. The number of hydrogen-bond acceptors (Lipinski definition) is 4. The van der Waals surface area contributed by atoms with Crippen LogP contribution < -0.4 is 14.8 Å². The fourth-order valence-corrected chi connectivity index (χ4v) is 2.59. The van der Waals surface area contributed by atoms with E-state index in [4.69, 9.17) is 9.47 Å². The second-order valence-corrected chi connectivity index (χ2v) is 5.87. The molecule has 1 aliphatic heterocycles. The van der Waals surface area contributed by atoms with Crippen molar-refractivity contribution in [1.82, 2.24) is 10.2 Å². The SMILES string of the molecule is COc1ccc(CNC(=O)N2CCC(C)(C(=O)O)C2)c(OC)c1. The van der Waals surface area contributed by atoms with Crippen molar-refractivity contribution in [3.63, 3.8) is 0 Å². The normalized spacial score (nSPS) is 20.2. The molecular weight excluding hydrogens is 300 g/mol. The summed E-state index contributed by atoms with van der Waals surface area (Å²) in [7, 11) is 3.13. The van der Waals surface area contributed by atoms with Crippen molar-refractivity contribution in [1.29, 1.82) is 0 Å². The number of benzene rings is 1. The van der Waals surface area contributed by atoms with Crippen LogP contribution in [0.2, 0.25) is 0 Å². The first-order chi connectivity index (χ1) is 10.9. The maximum atomic E-state index is 12.2. The lowest BCUT2D eigenvalue weighted by Gasteiger charge is -2.21. The lowest BCUT2D eigenvalue weighted by atomic mass is 9.90. The minimum absolute atomic E-state index is 0.216. The molecule has 0 radical (unpaired) electrons. The Morgan fingerprint density at radius 2 is 2.09 bits per heavy atom. The van der Waals surface area contributed by atoms with Crippen LogP contribution in [0.3, 0.4) is 0 Å². The van der Waals surface area contributed by atoms with E-state index in [-0.39, 0.29) is 12.6 Å². The van der Waals surface area contributed by atoms with Gasteiger partial charge in [0.15, 0.2) is 0 Å². The van der Waals surface area contributed by atoms with Crippen LogP contribution in [0, 0.1) is 5.41 Å². The molecule has 1 unspecified atom stereocenters. The first-order valence-electron chi connectivity index (χ1n) is 7.36. The van der Waals surface area contributed by atoms with Gasteiger partial charge in [-0.2, -0.15) is 0 Å². The number of likely N-dealkylation sites (tertiary alicyclic amines) is 1. The van der Waals surface area contributed by atoms with Gasteiger partial charge in [-0.15, -0.1) is 0 Å². The molecule has 1 heterocycles. The van der Waals surface area contributed by atoms with E-state index in [1.54, 1.807) is 33.3 Å². The number of carboxylic acid groups (broad SMARTS) is 1. The summed E-state index contributed by atoms with van der Waals surface area (Å²) < 4.78 is 10.4. The minimum Gasteiger partial charge on any atom is -0.497 e. The van der Waals surface area contributed by atoms with Gasteiger partial charge in [-0.1, -0.05) is 0 Å². The van der Waals surface area contributed by atoms with Crippen molar-refractivity contribution in [3.05, 3.63) is 23.8 Å². The largest absolute Gasteiger partial charge is 0.497 e. The van der Waals surface area contributed by atoms with Crippen molar-refractivity contribution in [3.8, 4) is 11.5 Å². The summed E-state index contributed by atoms with van der Waals surface area (Å²) >= 11 is 0. The Kier molecular flexibility index (Phi) is 4.98. The van der Waals surface area contributed by atoms with E-state index in [0.717, 1.165) is 5.56 Å². The quantitative estimate of drug-likeness (QED) is 0.861. The predicted molar refractivity (Wildman–Crippen MR) is 83.7 cm³/mol. The summed E-state index contributed by atoms with van der Waals surface area (Å²) in [5.74, 6) is 0.430. The van der Waals surface area contributed by atoms with Crippen LogP contribution in [0.25, 0.3) is 0 Å². The van der Waals surface area contributed by atoms with E-state index in [0.29, 0.717) is 31.0 Å². The zero-order valence-corrected chi connectivity index (χ0v) is 13.6. The molecule has 0 aromatic heterocycles. The average molecular weight is 322 g/mol. The number of ether oxygens (including phenoxy) is 2. The van der Waals surface area contributed by atoms with Crippen molar-refractivity contribution in [2.45, 2.75) is 19.9 Å². The molecule has 7 nitrogen and oxygen atoms in total. The number of hydrogen-bond donors (Lipinski definition) is 2. The van der Waals surface area contributed by atoms with Gasteiger partial charge < -0.3 is 24.8 Å². The van der Waals surface area contributed by atoms with Gasteiger partial charge in [0.1, 0.15) is 11.5 Å². The number of carbonyl (C=O) groups is 2. The highest BCUT2D eigenvalue weighted by Gasteiger charge is 2.42. The molecule has 0 spiro atoms. The number of nitrogens with zero attached hydrogens (tertiary/aromatic N) is 1. The smallest absolute Gasteiger partial charge is 0.317 e. The highest BCUT2D eigenvalue weighted by atomic mass is 16.5. The van der Waals surface area contributed by atoms with Crippen molar-refractivity contribution < 1.29 is 24.2 Å². The lowest BCUT2D eigenvalue weighted by Crippen LogP contribution is -2.40. The Morgan fingerprint density at radius 1 is 1.35 bits per heavy atom.